The van der Waals surface area contributed by atoms with Crippen LogP contribution in [0.5, 0.6) is 0 Å². The third-order valence-corrected chi connectivity index (χ3v) is 6.81. The van der Waals surface area contributed by atoms with Gasteiger partial charge in [-0.3, -0.25) is 14.2 Å². The van der Waals surface area contributed by atoms with Gasteiger partial charge in [0, 0.05) is 44.7 Å². The molecule has 1 amide bonds. The summed E-state index contributed by atoms with van der Waals surface area (Å²) in [5.41, 5.74) is 2.38. The van der Waals surface area contributed by atoms with Gasteiger partial charge in [0.1, 0.15) is 0 Å². The maximum Gasteiger partial charge on any atom is 0.262 e. The molecule has 1 fully saturated rings. The fourth-order valence-electron chi connectivity index (χ4n) is 3.83. The highest BCUT2D eigenvalue weighted by molar-refractivity contribution is 8.00. The molecule has 1 N–H and O–H groups in total. The summed E-state index contributed by atoms with van der Waals surface area (Å²) in [6.45, 7) is 6.03. The minimum atomic E-state index is -0.444. The molecule has 0 saturated carbocycles. The summed E-state index contributed by atoms with van der Waals surface area (Å²) in [5, 5.41) is 3.64. The van der Waals surface area contributed by atoms with E-state index in [1.807, 2.05) is 49.4 Å². The van der Waals surface area contributed by atoms with E-state index < -0.39 is 5.25 Å². The summed E-state index contributed by atoms with van der Waals surface area (Å²) in [6.07, 6.45) is 0.681. The van der Waals surface area contributed by atoms with Gasteiger partial charge in [0.25, 0.3) is 5.56 Å². The van der Waals surface area contributed by atoms with Gasteiger partial charge in [0.15, 0.2) is 5.16 Å². The number of rotatable bonds is 9. The molecule has 4 rings (SSSR count). The normalized spacial score (nSPS) is 14.8. The number of fused-ring (bicyclic) bond motifs is 1. The second-order valence-electron chi connectivity index (χ2n) is 8.11. The first-order chi connectivity index (χ1) is 16.6. The number of carbonyl (C=O) groups is 1. The van der Waals surface area contributed by atoms with Crippen molar-refractivity contribution < 1.29 is 14.3 Å². The number of benzene rings is 2. The smallest absolute Gasteiger partial charge is 0.262 e. The molecule has 1 aliphatic rings. The SMILES string of the molecule is COCCCn1c(SC(C)C(=O)Nc2ccc(N3CCOCC3)cc2)nc2ccccc2c1=O. The summed E-state index contributed by atoms with van der Waals surface area (Å²) in [6, 6.07) is 15.1. The molecule has 0 bridgehead atoms. The van der Waals surface area contributed by atoms with Gasteiger partial charge < -0.3 is 19.7 Å². The molecule has 3 aromatic rings. The lowest BCUT2D eigenvalue weighted by Gasteiger charge is -2.28. The molecule has 1 atom stereocenters. The van der Waals surface area contributed by atoms with Crippen LogP contribution in [0.15, 0.2) is 58.5 Å². The first-order valence-electron chi connectivity index (χ1n) is 11.5. The zero-order chi connectivity index (χ0) is 23.9. The molecule has 1 aromatic heterocycles. The lowest BCUT2D eigenvalue weighted by atomic mass is 10.2. The third kappa shape index (κ3) is 5.78. The number of anilines is 2. The van der Waals surface area contributed by atoms with Crippen LogP contribution in [0, 0.1) is 0 Å². The van der Waals surface area contributed by atoms with Gasteiger partial charge >= 0.3 is 0 Å². The van der Waals surface area contributed by atoms with Crippen LogP contribution in [0.4, 0.5) is 11.4 Å². The summed E-state index contributed by atoms with van der Waals surface area (Å²) in [5.74, 6) is -0.144. The number of para-hydroxylation sites is 1. The summed E-state index contributed by atoms with van der Waals surface area (Å²) in [4.78, 5) is 33.0. The van der Waals surface area contributed by atoms with Crippen molar-refractivity contribution in [2.24, 2.45) is 0 Å². The Morgan fingerprint density at radius 1 is 1.18 bits per heavy atom. The van der Waals surface area contributed by atoms with Crippen molar-refractivity contribution >= 4 is 39.9 Å². The predicted molar refractivity (Wildman–Crippen MR) is 136 cm³/mol. The van der Waals surface area contributed by atoms with Gasteiger partial charge in [-0.25, -0.2) is 4.98 Å². The van der Waals surface area contributed by atoms with Gasteiger partial charge in [-0.2, -0.15) is 0 Å². The van der Waals surface area contributed by atoms with Crippen LogP contribution in [0.3, 0.4) is 0 Å². The number of nitrogens with one attached hydrogen (secondary N) is 1. The number of aromatic nitrogens is 2. The van der Waals surface area contributed by atoms with Crippen molar-refractivity contribution in [3.63, 3.8) is 0 Å². The fraction of sp³-hybridized carbons (Fsp3) is 0.400. The van der Waals surface area contributed by atoms with E-state index in [1.54, 1.807) is 17.7 Å². The Hall–Kier alpha value is -2.88. The first kappa shape index (κ1) is 24.3. The molecule has 1 unspecified atom stereocenters. The van der Waals surface area contributed by atoms with Crippen LogP contribution < -0.4 is 15.8 Å². The minimum Gasteiger partial charge on any atom is -0.385 e. The number of hydrogen-bond acceptors (Lipinski definition) is 7. The lowest BCUT2D eigenvalue weighted by Crippen LogP contribution is -2.36. The molecule has 8 nitrogen and oxygen atoms in total. The van der Waals surface area contributed by atoms with E-state index in [1.165, 1.54) is 11.8 Å². The largest absolute Gasteiger partial charge is 0.385 e. The molecular formula is C25H30N4O4S. The molecule has 1 aliphatic heterocycles. The quantitative estimate of drug-likeness (QED) is 0.284. The number of morpholine rings is 1. The molecule has 1 saturated heterocycles. The van der Waals surface area contributed by atoms with Crippen molar-refractivity contribution in [2.75, 3.05) is 50.2 Å². The Morgan fingerprint density at radius 3 is 2.65 bits per heavy atom. The molecule has 0 spiro atoms. The van der Waals surface area contributed by atoms with Crippen molar-refractivity contribution in [1.29, 1.82) is 0 Å². The number of hydrogen-bond donors (Lipinski definition) is 1. The lowest BCUT2D eigenvalue weighted by molar-refractivity contribution is -0.115. The van der Waals surface area contributed by atoms with Crippen LogP contribution in [0.1, 0.15) is 13.3 Å². The van der Waals surface area contributed by atoms with Crippen LogP contribution >= 0.6 is 11.8 Å². The average Bonchev–Trinajstić information content (AvgIpc) is 2.87. The van der Waals surface area contributed by atoms with E-state index >= 15 is 0 Å². The highest BCUT2D eigenvalue weighted by atomic mass is 32.2. The zero-order valence-electron chi connectivity index (χ0n) is 19.5. The van der Waals surface area contributed by atoms with Crippen LogP contribution in [0.25, 0.3) is 10.9 Å². The van der Waals surface area contributed by atoms with Gasteiger partial charge in [-0.1, -0.05) is 23.9 Å². The number of amides is 1. The van der Waals surface area contributed by atoms with E-state index in [2.05, 4.69) is 10.2 Å². The van der Waals surface area contributed by atoms with E-state index in [0.29, 0.717) is 35.6 Å². The second-order valence-corrected chi connectivity index (χ2v) is 9.42. The van der Waals surface area contributed by atoms with Crippen molar-refractivity contribution in [3.8, 4) is 0 Å². The van der Waals surface area contributed by atoms with E-state index in [0.717, 1.165) is 37.7 Å². The molecule has 0 radical (unpaired) electrons. The predicted octanol–water partition coefficient (Wildman–Crippen LogP) is 3.39. The molecule has 2 heterocycles. The Labute approximate surface area is 203 Å². The molecule has 9 heteroatoms. The number of nitrogens with zero attached hydrogens (tertiary/aromatic N) is 3. The van der Waals surface area contributed by atoms with Crippen molar-refractivity contribution in [3.05, 3.63) is 58.9 Å². The Balaban J connectivity index is 1.47. The highest BCUT2D eigenvalue weighted by Crippen LogP contribution is 2.25. The zero-order valence-corrected chi connectivity index (χ0v) is 20.3. The third-order valence-electron chi connectivity index (χ3n) is 5.72. The topological polar surface area (TPSA) is 85.7 Å². The van der Waals surface area contributed by atoms with Gasteiger partial charge in [0.2, 0.25) is 5.91 Å². The maximum absolute atomic E-state index is 13.1. The standard InChI is InChI=1S/C25H30N4O4S/c1-18(23(30)26-19-8-10-20(11-9-19)28-13-16-33-17-14-28)34-25-27-22-7-4-3-6-21(22)24(31)29(25)12-5-15-32-2/h3-4,6-11,18H,5,12-17H2,1-2H3,(H,26,30). The minimum absolute atomic E-state index is 0.101. The average molecular weight is 483 g/mol. The molecule has 34 heavy (non-hydrogen) atoms. The monoisotopic (exact) mass is 482 g/mol. The summed E-state index contributed by atoms with van der Waals surface area (Å²) in [7, 11) is 1.64. The van der Waals surface area contributed by atoms with Crippen molar-refractivity contribution in [1.82, 2.24) is 9.55 Å². The maximum atomic E-state index is 13.1. The first-order valence-corrected chi connectivity index (χ1v) is 12.3. The van der Waals surface area contributed by atoms with E-state index in [9.17, 15) is 9.59 Å². The van der Waals surface area contributed by atoms with Gasteiger partial charge in [-0.05, 0) is 49.7 Å². The van der Waals surface area contributed by atoms with Crippen molar-refractivity contribution in [2.45, 2.75) is 30.3 Å². The Morgan fingerprint density at radius 2 is 1.91 bits per heavy atom. The number of carbonyl (C=O) groups excluding carboxylic acids is 1. The Bertz CT molecular complexity index is 1180. The number of methoxy groups -OCH3 is 1. The second kappa shape index (κ2) is 11.5. The summed E-state index contributed by atoms with van der Waals surface area (Å²) >= 11 is 1.29. The fourth-order valence-corrected chi connectivity index (χ4v) is 4.77. The number of thioether (sulfide) groups is 1. The van der Waals surface area contributed by atoms with Gasteiger partial charge in [-0.15, -0.1) is 0 Å². The van der Waals surface area contributed by atoms with Crippen LogP contribution in [-0.2, 0) is 20.8 Å². The molecule has 180 valence electrons. The van der Waals surface area contributed by atoms with E-state index in [4.69, 9.17) is 14.5 Å². The molecule has 0 aliphatic carbocycles. The Kier molecular flexibility index (Phi) is 8.21. The molecular weight excluding hydrogens is 452 g/mol. The van der Waals surface area contributed by atoms with Crippen LogP contribution in [-0.4, -0.2) is 60.7 Å². The number of ether oxygens (including phenoxy) is 2. The van der Waals surface area contributed by atoms with Crippen LogP contribution in [0.2, 0.25) is 0 Å². The van der Waals surface area contributed by atoms with E-state index in [-0.39, 0.29) is 11.5 Å². The molecule has 2 aromatic carbocycles. The summed E-state index contributed by atoms with van der Waals surface area (Å²) < 4.78 is 12.2. The van der Waals surface area contributed by atoms with Gasteiger partial charge in [0.05, 0.1) is 29.4 Å². The highest BCUT2D eigenvalue weighted by Gasteiger charge is 2.20.